The van der Waals surface area contributed by atoms with Gasteiger partial charge >= 0.3 is 5.97 Å². The quantitative estimate of drug-likeness (QED) is 0.723. The molecule has 0 saturated carbocycles. The van der Waals surface area contributed by atoms with Gasteiger partial charge in [0.15, 0.2) is 0 Å². The Morgan fingerprint density at radius 2 is 2.27 bits per heavy atom. The van der Waals surface area contributed by atoms with E-state index in [-0.39, 0.29) is 12.4 Å². The van der Waals surface area contributed by atoms with Gasteiger partial charge in [0.25, 0.3) is 0 Å². The monoisotopic (exact) mass is 223 g/mol. The van der Waals surface area contributed by atoms with Crippen molar-refractivity contribution in [2.24, 2.45) is 0 Å². The molecule has 15 heavy (non-hydrogen) atoms. The van der Waals surface area contributed by atoms with E-state index in [0.717, 1.165) is 5.56 Å². The minimum Gasteiger partial charge on any atom is -0.469 e. The summed E-state index contributed by atoms with van der Waals surface area (Å²) in [6, 6.07) is 5.33. The number of nitriles is 1. The van der Waals surface area contributed by atoms with Crippen molar-refractivity contribution in [3.05, 3.63) is 33.8 Å². The van der Waals surface area contributed by atoms with Crippen molar-refractivity contribution in [2.45, 2.75) is 13.3 Å². The summed E-state index contributed by atoms with van der Waals surface area (Å²) in [6.45, 7) is 1.80. The molecule has 0 amide bonds. The van der Waals surface area contributed by atoms with Crippen molar-refractivity contribution in [2.75, 3.05) is 7.11 Å². The molecular weight excluding hydrogens is 214 g/mol. The molecule has 1 aromatic carbocycles. The number of rotatable bonds is 2. The first-order chi connectivity index (χ1) is 7.08. The van der Waals surface area contributed by atoms with Crippen LogP contribution in [0.1, 0.15) is 16.7 Å². The van der Waals surface area contributed by atoms with Crippen LogP contribution in [0, 0.1) is 18.3 Å². The Hall–Kier alpha value is -1.53. The van der Waals surface area contributed by atoms with Crippen LogP contribution in [0.25, 0.3) is 0 Å². The summed E-state index contributed by atoms with van der Waals surface area (Å²) < 4.78 is 4.54. The fourth-order valence-corrected chi connectivity index (χ4v) is 1.46. The number of carbonyl (C=O) groups is 1. The maximum absolute atomic E-state index is 11.1. The highest BCUT2D eigenvalue weighted by Gasteiger charge is 2.09. The Balaban J connectivity index is 3.06. The highest BCUT2D eigenvalue weighted by atomic mass is 35.5. The Bertz CT molecular complexity index is 435. The molecule has 3 nitrogen and oxygen atoms in total. The van der Waals surface area contributed by atoms with Crippen molar-refractivity contribution in [3.63, 3.8) is 0 Å². The second kappa shape index (κ2) is 4.81. The van der Waals surface area contributed by atoms with Gasteiger partial charge in [-0.1, -0.05) is 17.7 Å². The van der Waals surface area contributed by atoms with Gasteiger partial charge < -0.3 is 4.74 Å². The third-order valence-corrected chi connectivity index (χ3v) is 2.43. The number of hydrogen-bond donors (Lipinski definition) is 0. The Kier molecular flexibility index (Phi) is 3.70. The second-order valence-corrected chi connectivity index (χ2v) is 3.53. The van der Waals surface area contributed by atoms with Crippen molar-refractivity contribution < 1.29 is 9.53 Å². The van der Waals surface area contributed by atoms with E-state index >= 15 is 0 Å². The SMILES string of the molecule is COC(=O)Cc1cc(C)c(C#N)cc1Cl. The number of halogens is 1. The zero-order valence-electron chi connectivity index (χ0n) is 8.50. The van der Waals surface area contributed by atoms with Gasteiger partial charge in [-0.25, -0.2) is 0 Å². The molecule has 0 aliphatic rings. The van der Waals surface area contributed by atoms with Crippen LogP contribution in [-0.2, 0) is 16.0 Å². The summed E-state index contributed by atoms with van der Waals surface area (Å²) in [7, 11) is 1.33. The van der Waals surface area contributed by atoms with Crippen LogP contribution in [-0.4, -0.2) is 13.1 Å². The van der Waals surface area contributed by atoms with Crippen LogP contribution in [0.3, 0.4) is 0 Å². The molecule has 0 heterocycles. The molecule has 1 aromatic rings. The van der Waals surface area contributed by atoms with Crippen molar-refractivity contribution in [1.82, 2.24) is 0 Å². The molecule has 1 rings (SSSR count). The fourth-order valence-electron chi connectivity index (χ4n) is 1.22. The molecule has 0 fully saturated rings. The first-order valence-electron chi connectivity index (χ1n) is 4.34. The maximum Gasteiger partial charge on any atom is 0.310 e. The number of esters is 1. The van der Waals surface area contributed by atoms with Crippen LogP contribution < -0.4 is 0 Å². The lowest BCUT2D eigenvalue weighted by Gasteiger charge is -2.05. The summed E-state index contributed by atoms with van der Waals surface area (Å²) in [5, 5.41) is 9.18. The normalized spacial score (nSPS) is 9.47. The topological polar surface area (TPSA) is 50.1 Å². The Morgan fingerprint density at radius 3 is 2.80 bits per heavy atom. The minimum atomic E-state index is -0.346. The number of ether oxygens (including phenoxy) is 1. The summed E-state index contributed by atoms with van der Waals surface area (Å²) in [5.41, 5.74) is 2.01. The van der Waals surface area contributed by atoms with Gasteiger partial charge in [0.2, 0.25) is 0 Å². The number of nitrogens with zero attached hydrogens (tertiary/aromatic N) is 1. The van der Waals surface area contributed by atoms with Gasteiger partial charge in [-0.15, -0.1) is 0 Å². The lowest BCUT2D eigenvalue weighted by molar-refractivity contribution is -0.139. The first-order valence-corrected chi connectivity index (χ1v) is 4.72. The van der Waals surface area contributed by atoms with E-state index in [2.05, 4.69) is 4.74 Å². The summed E-state index contributed by atoms with van der Waals surface area (Å²) >= 11 is 5.92. The zero-order chi connectivity index (χ0) is 11.4. The lowest BCUT2D eigenvalue weighted by atomic mass is 10.0. The molecule has 0 saturated heterocycles. The third kappa shape index (κ3) is 2.71. The number of carbonyl (C=O) groups excluding carboxylic acids is 1. The van der Waals surface area contributed by atoms with Gasteiger partial charge in [0, 0.05) is 5.02 Å². The number of aryl methyl sites for hydroxylation is 1. The summed E-state index contributed by atoms with van der Waals surface area (Å²) in [6.07, 6.45) is 0.127. The fraction of sp³-hybridized carbons (Fsp3) is 0.273. The van der Waals surface area contributed by atoms with E-state index in [1.165, 1.54) is 7.11 Å². The Morgan fingerprint density at radius 1 is 1.60 bits per heavy atom. The van der Waals surface area contributed by atoms with Crippen molar-refractivity contribution in [1.29, 1.82) is 5.26 Å². The largest absolute Gasteiger partial charge is 0.469 e. The van der Waals surface area contributed by atoms with Crippen molar-refractivity contribution >= 4 is 17.6 Å². The average molecular weight is 224 g/mol. The van der Waals surface area contributed by atoms with Crippen LogP contribution in [0.4, 0.5) is 0 Å². The highest BCUT2D eigenvalue weighted by Crippen LogP contribution is 2.21. The molecular formula is C11H10ClNO2. The lowest BCUT2D eigenvalue weighted by Crippen LogP contribution is -2.05. The first kappa shape index (κ1) is 11.5. The molecule has 0 aliphatic heterocycles. The minimum absolute atomic E-state index is 0.127. The van der Waals surface area contributed by atoms with Crippen LogP contribution in [0.2, 0.25) is 5.02 Å². The van der Waals surface area contributed by atoms with E-state index in [4.69, 9.17) is 16.9 Å². The molecule has 0 aromatic heterocycles. The standard InChI is InChI=1S/C11H10ClNO2/c1-7-3-8(5-11(14)15-2)10(12)4-9(7)6-13/h3-4H,5H2,1-2H3. The summed E-state index contributed by atoms with van der Waals surface area (Å²) in [5.74, 6) is -0.346. The van der Waals surface area contributed by atoms with Crippen LogP contribution in [0.5, 0.6) is 0 Å². The predicted octanol–water partition coefficient (Wildman–Crippen LogP) is 2.24. The molecule has 0 N–H and O–H groups in total. The van der Waals surface area contributed by atoms with E-state index in [1.807, 2.05) is 6.07 Å². The molecule has 0 aliphatic carbocycles. The number of hydrogen-bond acceptors (Lipinski definition) is 3. The third-order valence-electron chi connectivity index (χ3n) is 2.08. The van der Waals surface area contributed by atoms with Gasteiger partial charge in [0.1, 0.15) is 0 Å². The second-order valence-electron chi connectivity index (χ2n) is 3.12. The maximum atomic E-state index is 11.1. The van der Waals surface area contributed by atoms with Crippen LogP contribution >= 0.6 is 11.6 Å². The van der Waals surface area contributed by atoms with Gasteiger partial charge in [0.05, 0.1) is 25.2 Å². The number of methoxy groups -OCH3 is 1. The summed E-state index contributed by atoms with van der Waals surface area (Å²) in [4.78, 5) is 11.1. The molecule has 0 unspecified atom stereocenters. The molecule has 0 bridgehead atoms. The van der Waals surface area contributed by atoms with Gasteiger partial charge in [-0.3, -0.25) is 4.79 Å². The van der Waals surface area contributed by atoms with E-state index < -0.39 is 0 Å². The highest BCUT2D eigenvalue weighted by molar-refractivity contribution is 6.31. The van der Waals surface area contributed by atoms with Crippen molar-refractivity contribution in [3.8, 4) is 6.07 Å². The van der Waals surface area contributed by atoms with E-state index in [9.17, 15) is 4.79 Å². The predicted molar refractivity (Wildman–Crippen MR) is 56.6 cm³/mol. The van der Waals surface area contributed by atoms with Gasteiger partial charge in [-0.05, 0) is 24.1 Å². The molecule has 78 valence electrons. The number of benzene rings is 1. The molecule has 0 radical (unpaired) electrons. The van der Waals surface area contributed by atoms with Crippen LogP contribution in [0.15, 0.2) is 12.1 Å². The zero-order valence-corrected chi connectivity index (χ0v) is 9.26. The smallest absolute Gasteiger partial charge is 0.310 e. The average Bonchev–Trinajstić information content (AvgIpc) is 2.22. The van der Waals surface area contributed by atoms with Gasteiger partial charge in [-0.2, -0.15) is 5.26 Å². The van der Waals surface area contributed by atoms with E-state index in [1.54, 1.807) is 19.1 Å². The molecule has 0 spiro atoms. The Labute approximate surface area is 93.2 Å². The molecule has 0 atom stereocenters. The molecule has 4 heteroatoms. The van der Waals surface area contributed by atoms with E-state index in [0.29, 0.717) is 16.1 Å².